The molecule has 2 aromatic rings. The van der Waals surface area contributed by atoms with Crippen LogP contribution in [-0.2, 0) is 11.8 Å². The summed E-state index contributed by atoms with van der Waals surface area (Å²) in [6.07, 6.45) is 8.34. The maximum atomic E-state index is 6.20. The number of hydrogen-bond donors (Lipinski definition) is 1. The number of aromatic nitrogens is 3. The quantitative estimate of drug-likeness (QED) is 0.920. The lowest BCUT2D eigenvalue weighted by atomic mass is 10.00. The van der Waals surface area contributed by atoms with Crippen LogP contribution in [0.5, 0.6) is 0 Å². The summed E-state index contributed by atoms with van der Waals surface area (Å²) in [5.41, 5.74) is 1.07. The van der Waals surface area contributed by atoms with E-state index in [0.29, 0.717) is 10.9 Å². The van der Waals surface area contributed by atoms with Crippen LogP contribution in [0, 0.1) is 5.92 Å². The van der Waals surface area contributed by atoms with Crippen molar-refractivity contribution in [2.24, 2.45) is 13.0 Å². The fourth-order valence-electron chi connectivity index (χ4n) is 2.95. The summed E-state index contributed by atoms with van der Waals surface area (Å²) in [6.45, 7) is 3.78. The highest BCUT2D eigenvalue weighted by atomic mass is 35.5. The van der Waals surface area contributed by atoms with Gasteiger partial charge in [0.1, 0.15) is 11.9 Å². The summed E-state index contributed by atoms with van der Waals surface area (Å²) in [5.74, 6) is 1.42. The molecular formula is C16H21ClN4O. The van der Waals surface area contributed by atoms with Crippen LogP contribution in [0.25, 0.3) is 0 Å². The van der Waals surface area contributed by atoms with Gasteiger partial charge in [-0.15, -0.1) is 0 Å². The van der Waals surface area contributed by atoms with E-state index >= 15 is 0 Å². The lowest BCUT2D eigenvalue weighted by Gasteiger charge is -2.22. The minimum absolute atomic E-state index is 0.0626. The molecule has 0 spiro atoms. The monoisotopic (exact) mass is 320 g/mol. The smallest absolute Gasteiger partial charge is 0.137 e. The van der Waals surface area contributed by atoms with Gasteiger partial charge in [0.15, 0.2) is 0 Å². The van der Waals surface area contributed by atoms with Crippen molar-refractivity contribution in [3.63, 3.8) is 0 Å². The predicted octanol–water partition coefficient (Wildman–Crippen LogP) is 2.90. The number of halogens is 1. The summed E-state index contributed by atoms with van der Waals surface area (Å²) in [6, 6.07) is 2.14. The van der Waals surface area contributed by atoms with Gasteiger partial charge in [-0.3, -0.25) is 4.98 Å². The first kappa shape index (κ1) is 15.5. The molecule has 0 aromatic carbocycles. The van der Waals surface area contributed by atoms with Crippen molar-refractivity contribution in [1.82, 2.24) is 19.9 Å². The zero-order chi connectivity index (χ0) is 15.5. The molecule has 118 valence electrons. The van der Waals surface area contributed by atoms with Crippen molar-refractivity contribution in [3.8, 4) is 0 Å². The second-order valence-corrected chi connectivity index (χ2v) is 6.17. The molecule has 1 unspecified atom stereocenters. The summed E-state index contributed by atoms with van der Waals surface area (Å²) in [7, 11) is 2.01. The van der Waals surface area contributed by atoms with Crippen LogP contribution in [0.3, 0.4) is 0 Å². The first-order valence-electron chi connectivity index (χ1n) is 7.58. The Bertz CT molecular complexity index is 630. The molecule has 3 rings (SSSR count). The molecule has 6 heteroatoms. The second kappa shape index (κ2) is 6.77. The average molecular weight is 321 g/mol. The van der Waals surface area contributed by atoms with Crippen molar-refractivity contribution < 1.29 is 4.74 Å². The summed E-state index contributed by atoms with van der Waals surface area (Å²) in [5, 5.41) is 4.26. The molecule has 1 N–H and O–H groups in total. The number of imidazole rings is 1. The minimum atomic E-state index is 0.0626. The highest BCUT2D eigenvalue weighted by Crippen LogP contribution is 2.33. The van der Waals surface area contributed by atoms with Gasteiger partial charge in [-0.05, 0) is 25.0 Å². The first-order chi connectivity index (χ1) is 10.7. The molecule has 1 fully saturated rings. The van der Waals surface area contributed by atoms with Crippen LogP contribution >= 0.6 is 11.6 Å². The van der Waals surface area contributed by atoms with E-state index in [2.05, 4.69) is 22.2 Å². The minimum Gasteiger partial charge on any atom is -0.370 e. The predicted molar refractivity (Wildman–Crippen MR) is 85.7 cm³/mol. The van der Waals surface area contributed by atoms with Gasteiger partial charge in [0.25, 0.3) is 0 Å². The van der Waals surface area contributed by atoms with Gasteiger partial charge in [0, 0.05) is 56.9 Å². The molecule has 0 saturated carbocycles. The molecule has 1 aliphatic rings. The van der Waals surface area contributed by atoms with Crippen molar-refractivity contribution in [3.05, 3.63) is 47.3 Å². The Balaban J connectivity index is 1.63. The lowest BCUT2D eigenvalue weighted by Crippen LogP contribution is -2.28. The Morgan fingerprint density at radius 1 is 1.50 bits per heavy atom. The number of aryl methyl sites for hydroxylation is 1. The van der Waals surface area contributed by atoms with Crippen molar-refractivity contribution in [1.29, 1.82) is 0 Å². The van der Waals surface area contributed by atoms with E-state index in [1.807, 2.05) is 30.1 Å². The van der Waals surface area contributed by atoms with Gasteiger partial charge in [0.05, 0.1) is 5.02 Å². The fraction of sp³-hybridized carbons (Fsp3) is 0.500. The number of nitrogens with zero attached hydrogens (tertiary/aromatic N) is 3. The van der Waals surface area contributed by atoms with Crippen LogP contribution in [0.4, 0.5) is 0 Å². The molecule has 5 nitrogen and oxygen atoms in total. The highest BCUT2D eigenvalue weighted by Gasteiger charge is 2.32. The Hall–Kier alpha value is -1.43. The topological polar surface area (TPSA) is 52.0 Å². The van der Waals surface area contributed by atoms with Gasteiger partial charge in [-0.25, -0.2) is 4.98 Å². The molecule has 0 aliphatic carbocycles. The molecule has 3 atom stereocenters. The number of hydrogen-bond acceptors (Lipinski definition) is 4. The Labute approximate surface area is 135 Å². The standard InChI is InChI=1S/C16H21ClN4O/c1-11(13-3-5-18-10-14(13)17)20-9-12-4-8-22-15(12)16-19-6-7-21(16)2/h3,5-7,10-12,15,20H,4,8-9H2,1-2H3/t11?,12-,15+/m0/s1. The Morgan fingerprint density at radius 3 is 3.09 bits per heavy atom. The van der Waals surface area contributed by atoms with Crippen molar-refractivity contribution in [2.45, 2.75) is 25.5 Å². The van der Waals surface area contributed by atoms with Gasteiger partial charge in [0.2, 0.25) is 0 Å². The van der Waals surface area contributed by atoms with E-state index in [-0.39, 0.29) is 12.1 Å². The zero-order valence-electron chi connectivity index (χ0n) is 12.9. The molecule has 1 saturated heterocycles. The lowest BCUT2D eigenvalue weighted by molar-refractivity contribution is 0.0806. The van der Waals surface area contributed by atoms with Crippen LogP contribution in [0.15, 0.2) is 30.9 Å². The van der Waals surface area contributed by atoms with E-state index in [1.165, 1.54) is 0 Å². The van der Waals surface area contributed by atoms with Gasteiger partial charge < -0.3 is 14.6 Å². The maximum Gasteiger partial charge on any atom is 0.137 e. The first-order valence-corrected chi connectivity index (χ1v) is 7.96. The number of ether oxygens (including phenoxy) is 1. The fourth-order valence-corrected chi connectivity index (χ4v) is 3.24. The van der Waals surface area contributed by atoms with E-state index in [4.69, 9.17) is 16.3 Å². The average Bonchev–Trinajstić information content (AvgIpc) is 3.13. The molecule has 0 amide bonds. The molecule has 22 heavy (non-hydrogen) atoms. The number of pyridine rings is 1. The van der Waals surface area contributed by atoms with Crippen LogP contribution in [-0.4, -0.2) is 27.7 Å². The third-order valence-electron chi connectivity index (χ3n) is 4.28. The third-order valence-corrected chi connectivity index (χ3v) is 4.60. The van der Waals surface area contributed by atoms with Crippen molar-refractivity contribution in [2.75, 3.05) is 13.2 Å². The Morgan fingerprint density at radius 2 is 2.36 bits per heavy atom. The maximum absolute atomic E-state index is 6.20. The normalized spacial score (nSPS) is 22.9. The summed E-state index contributed by atoms with van der Waals surface area (Å²) < 4.78 is 7.93. The zero-order valence-corrected chi connectivity index (χ0v) is 13.6. The van der Waals surface area contributed by atoms with Crippen LogP contribution in [0.2, 0.25) is 5.02 Å². The number of nitrogens with one attached hydrogen (secondary N) is 1. The van der Waals surface area contributed by atoms with Crippen LogP contribution in [0.1, 0.15) is 36.9 Å². The summed E-state index contributed by atoms with van der Waals surface area (Å²) in [4.78, 5) is 8.46. The third kappa shape index (κ3) is 3.16. The van der Waals surface area contributed by atoms with E-state index in [0.717, 1.165) is 31.0 Å². The van der Waals surface area contributed by atoms with E-state index in [1.54, 1.807) is 12.4 Å². The highest BCUT2D eigenvalue weighted by molar-refractivity contribution is 6.31. The second-order valence-electron chi connectivity index (χ2n) is 5.76. The summed E-state index contributed by atoms with van der Waals surface area (Å²) >= 11 is 6.20. The van der Waals surface area contributed by atoms with E-state index < -0.39 is 0 Å². The molecule has 0 radical (unpaired) electrons. The van der Waals surface area contributed by atoms with E-state index in [9.17, 15) is 0 Å². The Kier molecular flexibility index (Phi) is 4.76. The SMILES string of the molecule is CC(NC[C@@H]1CCO[C@H]1c1nccn1C)c1ccncc1Cl. The molecule has 3 heterocycles. The van der Waals surface area contributed by atoms with Gasteiger partial charge in [-0.2, -0.15) is 0 Å². The largest absolute Gasteiger partial charge is 0.370 e. The molecular weight excluding hydrogens is 300 g/mol. The van der Waals surface area contributed by atoms with Crippen LogP contribution < -0.4 is 5.32 Å². The molecule has 2 aromatic heterocycles. The van der Waals surface area contributed by atoms with Gasteiger partial charge >= 0.3 is 0 Å². The molecule has 1 aliphatic heterocycles. The van der Waals surface area contributed by atoms with Crippen molar-refractivity contribution >= 4 is 11.6 Å². The number of rotatable bonds is 5. The molecule has 0 bridgehead atoms. The van der Waals surface area contributed by atoms with Gasteiger partial charge in [-0.1, -0.05) is 11.6 Å².